The molecule has 0 heterocycles. The van der Waals surface area contributed by atoms with Gasteiger partial charge in [0.15, 0.2) is 0 Å². The zero-order valence-corrected chi connectivity index (χ0v) is 32.6. The number of halogens is 6. The van der Waals surface area contributed by atoms with Crippen LogP contribution in [0.2, 0.25) is 0 Å². The molecule has 0 atom stereocenters. The molecule has 0 aromatic heterocycles. The molecule has 0 saturated heterocycles. The molecule has 0 amide bonds. The van der Waals surface area contributed by atoms with Gasteiger partial charge in [0.2, 0.25) is 0 Å². The monoisotopic (exact) mass is 1080 g/mol. The van der Waals surface area contributed by atoms with Crippen molar-refractivity contribution in [1.29, 1.82) is 0 Å². The fourth-order valence-corrected chi connectivity index (χ4v) is 7.66. The zero-order chi connectivity index (χ0) is 35.2. The average molecular weight is 1080 g/mol. The minimum absolute atomic E-state index is 0. The van der Waals surface area contributed by atoms with Crippen LogP contribution in [0, 0.1) is 73.7 Å². The summed E-state index contributed by atoms with van der Waals surface area (Å²) in [6.07, 6.45) is 0. The van der Waals surface area contributed by atoms with E-state index in [-0.39, 0.29) is 44.8 Å². The van der Waals surface area contributed by atoms with Crippen LogP contribution in [0.15, 0.2) is 146 Å². The van der Waals surface area contributed by atoms with Gasteiger partial charge < -0.3 is 0 Å². The molecule has 0 aliphatic heterocycles. The van der Waals surface area contributed by atoms with Gasteiger partial charge in [-0.05, 0) is 48.5 Å². The van der Waals surface area contributed by atoms with Crippen molar-refractivity contribution in [2.24, 2.45) is 0 Å². The van der Waals surface area contributed by atoms with Gasteiger partial charge in [-0.25, -0.2) is 26.3 Å². The molecule has 6 rings (SSSR count). The maximum absolute atomic E-state index is 11.9. The Morgan fingerprint density at radius 3 is 0.680 bits per heavy atom. The number of hydrogen-bond donors (Lipinski definition) is 0. The minimum atomic E-state index is -1.65. The van der Waals surface area contributed by atoms with Gasteiger partial charge in [0.1, 0.15) is 0 Å². The average Bonchev–Trinajstić information content (AvgIpc) is 3.06. The second kappa shape index (κ2) is 22.2. The van der Waals surface area contributed by atoms with Crippen LogP contribution in [0.5, 0.6) is 0 Å². The van der Waals surface area contributed by atoms with Crippen LogP contribution in [0.3, 0.4) is 0 Å². The first-order valence-corrected chi connectivity index (χ1v) is 18.6. The van der Waals surface area contributed by atoms with E-state index in [4.69, 9.17) is 0 Å². The van der Waals surface area contributed by atoms with E-state index in [9.17, 15) is 26.3 Å². The van der Waals surface area contributed by atoms with E-state index in [0.717, 1.165) is 0 Å². The predicted molar refractivity (Wildman–Crippen MR) is 190 cm³/mol. The molecule has 0 nitrogen and oxygen atoms in total. The Morgan fingerprint density at radius 1 is 0.340 bits per heavy atom. The Morgan fingerprint density at radius 2 is 0.520 bits per heavy atom. The predicted octanol–water partition coefficient (Wildman–Crippen LogP) is 10.3. The molecule has 6 aromatic rings. The first kappa shape index (κ1) is 45.3. The SMILES string of the molecule is Fc1[c-]c(F)cc(F)c1.Fc1[c-]c(F)cc(F)c1.[Au].[Au].[CH2-][P+]([CH2-])(c1ccccc1)c1ccccc1.[CH2-][P+]([CH2-])(c1ccccc1)c1ccccc1. The summed E-state index contributed by atoms with van der Waals surface area (Å²) in [6.45, 7) is 17.2. The second-order valence-corrected chi connectivity index (χ2v) is 16.2. The third-order valence-corrected chi connectivity index (χ3v) is 11.7. The first-order chi connectivity index (χ1) is 22.8. The van der Waals surface area contributed by atoms with Crippen LogP contribution < -0.4 is 21.2 Å². The van der Waals surface area contributed by atoms with E-state index in [1.165, 1.54) is 21.2 Å². The van der Waals surface area contributed by atoms with Gasteiger partial charge in [-0.1, -0.05) is 72.8 Å². The van der Waals surface area contributed by atoms with Gasteiger partial charge in [-0.15, -0.1) is 36.4 Å². The Bertz CT molecular complexity index is 1510. The third kappa shape index (κ3) is 14.8. The largest absolute Gasteiger partial charge is 0.236 e. The Hall–Kier alpha value is -2.76. The van der Waals surface area contributed by atoms with Crippen molar-refractivity contribution in [3.63, 3.8) is 0 Å². The summed E-state index contributed by atoms with van der Waals surface area (Å²) in [5.41, 5.74) is 0. The van der Waals surface area contributed by atoms with Crippen molar-refractivity contribution in [2.75, 3.05) is 0 Å². The molecule has 0 bridgehead atoms. The van der Waals surface area contributed by atoms with E-state index in [0.29, 0.717) is 24.3 Å². The molecule has 0 unspecified atom stereocenters. The van der Waals surface area contributed by atoms with Crippen molar-refractivity contribution in [1.82, 2.24) is 0 Å². The fraction of sp³-hybridized carbons (Fsp3) is 0. The second-order valence-electron chi connectivity index (χ2n) is 10.3. The molecule has 50 heavy (non-hydrogen) atoms. The summed E-state index contributed by atoms with van der Waals surface area (Å²) in [5.74, 6) is -5.94. The van der Waals surface area contributed by atoms with Gasteiger partial charge >= 0.3 is 0 Å². The molecular weight excluding hydrogens is 1050 g/mol. The van der Waals surface area contributed by atoms with Gasteiger partial charge in [0.05, 0.1) is 0 Å². The number of rotatable bonds is 4. The zero-order valence-electron chi connectivity index (χ0n) is 26.5. The molecule has 0 fully saturated rings. The molecule has 10 heteroatoms. The van der Waals surface area contributed by atoms with Crippen LogP contribution in [0.25, 0.3) is 0 Å². The molecule has 0 spiro atoms. The van der Waals surface area contributed by atoms with Crippen LogP contribution >= 0.6 is 14.5 Å². The minimum Gasteiger partial charge on any atom is -0.236 e. The summed E-state index contributed by atoms with van der Waals surface area (Å²) in [5, 5.41) is 4.99. The molecule has 0 aliphatic rings. The van der Waals surface area contributed by atoms with E-state index in [1.54, 1.807) is 12.1 Å². The molecule has 2 radical (unpaired) electrons. The number of hydrogen-bond acceptors (Lipinski definition) is 0. The van der Waals surface area contributed by atoms with Gasteiger partial charge in [0, 0.05) is 101 Å². The summed E-state index contributed by atoms with van der Waals surface area (Å²) in [7, 11) is -3.29. The van der Waals surface area contributed by atoms with Crippen LogP contribution in [-0.4, -0.2) is 0 Å². The smallest absolute Gasteiger partial charge is 0.0408 e. The van der Waals surface area contributed by atoms with Crippen LogP contribution in [-0.2, 0) is 44.8 Å². The van der Waals surface area contributed by atoms with Crippen LogP contribution in [0.4, 0.5) is 26.3 Å². The normalized spacial score (nSPS) is 10.3. The molecule has 0 N–H and O–H groups in total. The third-order valence-electron chi connectivity index (χ3n) is 6.54. The Kier molecular flexibility index (Phi) is 20.1. The van der Waals surface area contributed by atoms with E-state index in [1.807, 2.05) is 72.8 Å². The summed E-state index contributed by atoms with van der Waals surface area (Å²) in [6, 6.07) is 46.9. The topological polar surface area (TPSA) is 0 Å². The van der Waals surface area contributed by atoms with Gasteiger partial charge in [-0.2, -0.15) is 41.2 Å². The van der Waals surface area contributed by atoms with Crippen LogP contribution in [0.1, 0.15) is 0 Å². The molecular formula is C40H32Au2F6P2-4. The maximum atomic E-state index is 11.9. The fourth-order valence-electron chi connectivity index (χ4n) is 4.09. The van der Waals surface area contributed by atoms with Crippen molar-refractivity contribution in [3.8, 4) is 0 Å². The van der Waals surface area contributed by atoms with E-state index >= 15 is 0 Å². The summed E-state index contributed by atoms with van der Waals surface area (Å²) >= 11 is 0. The van der Waals surface area contributed by atoms with E-state index in [2.05, 4.69) is 75.2 Å². The number of benzene rings is 6. The summed E-state index contributed by atoms with van der Waals surface area (Å²) < 4.78 is 71.4. The first-order valence-electron chi connectivity index (χ1n) is 14.2. The standard InChI is InChI=1S/2C14H14P.2C6H2F3.2Au/c2*1-15(2,13-9-5-3-6-10-13)14-11-7-4-8-12-14;2*7-4-1-5(8)3-6(9)2-4;;/h2*3-12H,1-2H2;2*1-2H;;/q4*-1;;. The van der Waals surface area contributed by atoms with Crippen molar-refractivity contribution >= 4 is 35.7 Å². The van der Waals surface area contributed by atoms with Crippen molar-refractivity contribution in [3.05, 3.63) is 219 Å². The molecule has 270 valence electrons. The van der Waals surface area contributed by atoms with Gasteiger partial charge in [-0.3, -0.25) is 0 Å². The maximum Gasteiger partial charge on any atom is 0.0408 e. The molecule has 6 aromatic carbocycles. The van der Waals surface area contributed by atoms with Gasteiger partial charge in [0.25, 0.3) is 0 Å². The molecule has 0 aliphatic carbocycles. The van der Waals surface area contributed by atoms with Crippen molar-refractivity contribution in [2.45, 2.75) is 0 Å². The summed E-state index contributed by atoms with van der Waals surface area (Å²) in [4.78, 5) is 0. The Labute approximate surface area is 324 Å². The molecule has 0 saturated carbocycles. The van der Waals surface area contributed by atoms with E-state index < -0.39 is 49.4 Å². The van der Waals surface area contributed by atoms with Crippen molar-refractivity contribution < 1.29 is 71.1 Å². The quantitative estimate of drug-likeness (QED) is 0.0715. The Balaban J connectivity index is 0.000000338.